The molecule has 0 atom stereocenters. The van der Waals surface area contributed by atoms with Crippen LogP contribution in [-0.4, -0.2) is 46.1 Å². The molecule has 0 aliphatic carbocycles. The van der Waals surface area contributed by atoms with Crippen LogP contribution >= 0.6 is 0 Å². The average Bonchev–Trinajstić information content (AvgIpc) is 2.45. The van der Waals surface area contributed by atoms with Crippen molar-refractivity contribution in [2.75, 3.05) is 13.1 Å². The van der Waals surface area contributed by atoms with Crippen LogP contribution in [0.5, 0.6) is 0 Å². The van der Waals surface area contributed by atoms with E-state index in [0.29, 0.717) is 0 Å². The summed E-state index contributed by atoms with van der Waals surface area (Å²) in [5.41, 5.74) is -0.490. The van der Waals surface area contributed by atoms with Gasteiger partial charge in [0.05, 0.1) is 11.5 Å². The topological polar surface area (TPSA) is 70.5 Å². The van der Waals surface area contributed by atoms with E-state index in [1.54, 1.807) is 0 Å². The lowest BCUT2D eigenvalue weighted by molar-refractivity contribution is -0.183. The zero-order chi connectivity index (χ0) is 15.6. The molecular weight excluding hydrogens is 289 g/mol. The van der Waals surface area contributed by atoms with E-state index in [4.69, 9.17) is 5.11 Å². The number of aromatic carboxylic acids is 1. The van der Waals surface area contributed by atoms with Gasteiger partial charge in [-0.15, -0.1) is 0 Å². The van der Waals surface area contributed by atoms with Gasteiger partial charge in [0.1, 0.15) is 5.69 Å². The van der Waals surface area contributed by atoms with Gasteiger partial charge < -0.3 is 10.0 Å². The summed E-state index contributed by atoms with van der Waals surface area (Å²) in [6.45, 7) is -0.114. The Labute approximate surface area is 118 Å². The molecule has 0 unspecified atom stereocenters. The molecule has 1 fully saturated rings. The van der Waals surface area contributed by atoms with Crippen LogP contribution in [0.2, 0.25) is 0 Å². The van der Waals surface area contributed by atoms with E-state index >= 15 is 0 Å². The van der Waals surface area contributed by atoms with Crippen LogP contribution in [0.1, 0.15) is 33.7 Å². The van der Waals surface area contributed by atoms with Crippen molar-refractivity contribution in [3.05, 3.63) is 29.6 Å². The first-order valence-corrected chi connectivity index (χ1v) is 6.35. The number of halogens is 3. The van der Waals surface area contributed by atoms with Crippen LogP contribution in [0.4, 0.5) is 13.2 Å². The molecule has 5 nitrogen and oxygen atoms in total. The highest BCUT2D eigenvalue weighted by Crippen LogP contribution is 2.34. The van der Waals surface area contributed by atoms with Gasteiger partial charge >= 0.3 is 12.1 Å². The van der Waals surface area contributed by atoms with Gasteiger partial charge in [0, 0.05) is 19.3 Å². The van der Waals surface area contributed by atoms with Crippen LogP contribution in [0.25, 0.3) is 0 Å². The number of nitrogens with zero attached hydrogens (tertiary/aromatic N) is 2. The standard InChI is InChI=1S/C13H13F3N2O3/c14-13(15,16)8-3-6-18(7-4-8)11(19)10-9(12(20)21)2-1-5-17-10/h1-2,5,8H,3-4,6-7H2,(H,20,21). The van der Waals surface area contributed by atoms with Crippen molar-refractivity contribution in [3.63, 3.8) is 0 Å². The fourth-order valence-electron chi connectivity index (χ4n) is 2.31. The van der Waals surface area contributed by atoms with Crippen molar-refractivity contribution >= 4 is 11.9 Å². The molecule has 1 aliphatic heterocycles. The smallest absolute Gasteiger partial charge is 0.391 e. The normalized spacial score (nSPS) is 16.8. The zero-order valence-corrected chi connectivity index (χ0v) is 10.9. The van der Waals surface area contributed by atoms with Crippen molar-refractivity contribution in [2.45, 2.75) is 19.0 Å². The summed E-state index contributed by atoms with van der Waals surface area (Å²) in [5, 5.41) is 9.00. The van der Waals surface area contributed by atoms with Gasteiger partial charge in [0.25, 0.3) is 5.91 Å². The third-order valence-electron chi connectivity index (χ3n) is 3.49. The highest BCUT2D eigenvalue weighted by molar-refractivity contribution is 6.03. The first kappa shape index (κ1) is 15.3. The van der Waals surface area contributed by atoms with Crippen molar-refractivity contribution in [1.29, 1.82) is 0 Å². The molecule has 114 valence electrons. The van der Waals surface area contributed by atoms with Gasteiger partial charge in [-0.05, 0) is 25.0 Å². The SMILES string of the molecule is O=C(O)c1cccnc1C(=O)N1CCC(C(F)(F)F)CC1. The average molecular weight is 302 g/mol. The van der Waals surface area contributed by atoms with Crippen LogP contribution in [-0.2, 0) is 0 Å². The molecule has 1 N–H and O–H groups in total. The number of piperidine rings is 1. The largest absolute Gasteiger partial charge is 0.478 e. The summed E-state index contributed by atoms with van der Waals surface area (Å²) in [7, 11) is 0. The van der Waals surface area contributed by atoms with E-state index < -0.39 is 24.0 Å². The maximum absolute atomic E-state index is 12.6. The number of hydrogen-bond donors (Lipinski definition) is 1. The number of aromatic nitrogens is 1. The van der Waals surface area contributed by atoms with Crippen molar-refractivity contribution < 1.29 is 27.9 Å². The Balaban J connectivity index is 2.11. The number of likely N-dealkylation sites (tertiary alicyclic amines) is 1. The second-order valence-corrected chi connectivity index (χ2v) is 4.81. The minimum Gasteiger partial charge on any atom is -0.478 e. The minimum absolute atomic E-state index is 0.0569. The summed E-state index contributed by atoms with van der Waals surface area (Å²) in [4.78, 5) is 28.2. The lowest BCUT2D eigenvalue weighted by atomic mass is 9.96. The lowest BCUT2D eigenvalue weighted by Crippen LogP contribution is -2.42. The molecule has 0 radical (unpaired) electrons. The molecular formula is C13H13F3N2O3. The van der Waals surface area contributed by atoms with E-state index in [2.05, 4.69) is 4.98 Å². The van der Waals surface area contributed by atoms with Gasteiger partial charge in [-0.1, -0.05) is 0 Å². The molecule has 1 saturated heterocycles. The summed E-state index contributed by atoms with van der Waals surface area (Å²) in [5.74, 6) is -3.35. The highest BCUT2D eigenvalue weighted by atomic mass is 19.4. The Kier molecular flexibility index (Phi) is 4.15. The number of carboxylic acids is 1. The highest BCUT2D eigenvalue weighted by Gasteiger charge is 2.42. The Bertz CT molecular complexity index is 552. The summed E-state index contributed by atoms with van der Waals surface area (Å²) < 4.78 is 37.7. The molecule has 0 bridgehead atoms. The predicted molar refractivity (Wildman–Crippen MR) is 65.9 cm³/mol. The van der Waals surface area contributed by atoms with E-state index in [1.165, 1.54) is 23.2 Å². The van der Waals surface area contributed by atoms with Crippen LogP contribution in [0.15, 0.2) is 18.3 Å². The molecule has 21 heavy (non-hydrogen) atoms. The van der Waals surface area contributed by atoms with Crippen molar-refractivity contribution in [2.24, 2.45) is 5.92 Å². The van der Waals surface area contributed by atoms with Crippen molar-refractivity contribution in [1.82, 2.24) is 9.88 Å². The first-order valence-electron chi connectivity index (χ1n) is 6.35. The first-order chi connectivity index (χ1) is 9.80. The molecule has 1 aromatic heterocycles. The lowest BCUT2D eigenvalue weighted by Gasteiger charge is -2.32. The van der Waals surface area contributed by atoms with Gasteiger partial charge in [0.2, 0.25) is 0 Å². The molecule has 8 heteroatoms. The van der Waals surface area contributed by atoms with E-state index in [-0.39, 0.29) is 37.2 Å². The number of carbonyl (C=O) groups excluding carboxylic acids is 1. The van der Waals surface area contributed by atoms with Gasteiger partial charge in [0.15, 0.2) is 0 Å². The Morgan fingerprint density at radius 3 is 2.43 bits per heavy atom. The minimum atomic E-state index is -4.26. The number of pyridine rings is 1. The predicted octanol–water partition coefficient (Wildman–Crippen LogP) is 2.19. The number of rotatable bonds is 2. The number of carboxylic acid groups (broad SMARTS) is 1. The van der Waals surface area contributed by atoms with E-state index in [9.17, 15) is 22.8 Å². The molecule has 0 aromatic carbocycles. The van der Waals surface area contributed by atoms with Crippen LogP contribution in [0, 0.1) is 5.92 Å². The zero-order valence-electron chi connectivity index (χ0n) is 10.9. The Hall–Kier alpha value is -2.12. The molecule has 1 aromatic rings. The summed E-state index contributed by atoms with van der Waals surface area (Å²) in [6.07, 6.45) is -3.33. The van der Waals surface area contributed by atoms with E-state index in [1.807, 2.05) is 0 Å². The maximum atomic E-state index is 12.6. The molecule has 0 saturated carbocycles. The molecule has 1 aliphatic rings. The second-order valence-electron chi connectivity index (χ2n) is 4.81. The maximum Gasteiger partial charge on any atom is 0.391 e. The van der Waals surface area contributed by atoms with Gasteiger partial charge in [-0.3, -0.25) is 9.78 Å². The van der Waals surface area contributed by atoms with Crippen LogP contribution < -0.4 is 0 Å². The van der Waals surface area contributed by atoms with E-state index in [0.717, 1.165) is 0 Å². The quantitative estimate of drug-likeness (QED) is 0.909. The number of amides is 1. The number of alkyl halides is 3. The molecule has 2 rings (SSSR count). The number of hydrogen-bond acceptors (Lipinski definition) is 3. The van der Waals surface area contributed by atoms with Crippen molar-refractivity contribution in [3.8, 4) is 0 Å². The molecule has 0 spiro atoms. The third kappa shape index (κ3) is 3.32. The third-order valence-corrected chi connectivity index (χ3v) is 3.49. The molecule has 1 amide bonds. The van der Waals surface area contributed by atoms with Gasteiger partial charge in [-0.2, -0.15) is 13.2 Å². The second kappa shape index (κ2) is 5.71. The van der Waals surface area contributed by atoms with Gasteiger partial charge in [-0.25, -0.2) is 4.79 Å². The monoisotopic (exact) mass is 302 g/mol. The summed E-state index contributed by atoms with van der Waals surface area (Å²) >= 11 is 0. The fourth-order valence-corrected chi connectivity index (χ4v) is 2.31. The van der Waals surface area contributed by atoms with Crippen LogP contribution in [0.3, 0.4) is 0 Å². The Morgan fingerprint density at radius 2 is 1.90 bits per heavy atom. The summed E-state index contributed by atoms with van der Waals surface area (Å²) in [6, 6.07) is 2.63. The number of carbonyl (C=O) groups is 2. The Morgan fingerprint density at radius 1 is 1.29 bits per heavy atom. The fraction of sp³-hybridized carbons (Fsp3) is 0.462. The molecule has 2 heterocycles.